The van der Waals surface area contributed by atoms with Crippen LogP contribution in [0.4, 0.5) is 15.6 Å². The Labute approximate surface area is 158 Å². The lowest BCUT2D eigenvalue weighted by molar-refractivity contribution is 0.0759. The fourth-order valence-corrected chi connectivity index (χ4v) is 3.47. The van der Waals surface area contributed by atoms with Gasteiger partial charge in [0.25, 0.3) is 5.91 Å². The molecule has 0 bridgehead atoms. The van der Waals surface area contributed by atoms with Crippen molar-refractivity contribution in [2.75, 3.05) is 23.7 Å². The molecule has 26 heavy (non-hydrogen) atoms. The lowest BCUT2D eigenvalue weighted by Crippen LogP contribution is -2.32. The van der Waals surface area contributed by atoms with E-state index in [0.717, 1.165) is 31.5 Å². The molecule has 0 aliphatic heterocycles. The Hall–Kier alpha value is -2.41. The number of hydrogen-bond acceptors (Lipinski definition) is 4. The normalized spacial score (nSPS) is 10.5. The molecule has 7 heteroatoms. The van der Waals surface area contributed by atoms with E-state index in [2.05, 4.69) is 29.5 Å². The van der Waals surface area contributed by atoms with Crippen LogP contribution < -0.4 is 10.6 Å². The Morgan fingerprint density at radius 2 is 1.65 bits per heavy atom. The maximum absolute atomic E-state index is 12.7. The molecule has 0 saturated heterocycles. The van der Waals surface area contributed by atoms with E-state index >= 15 is 0 Å². The Bertz CT molecular complexity index is 749. The molecule has 140 valence electrons. The van der Waals surface area contributed by atoms with E-state index in [0.29, 0.717) is 21.4 Å². The van der Waals surface area contributed by atoms with Crippen molar-refractivity contribution < 1.29 is 9.59 Å². The predicted molar refractivity (Wildman–Crippen MR) is 107 cm³/mol. The van der Waals surface area contributed by atoms with Gasteiger partial charge in [-0.25, -0.2) is 9.78 Å². The Kier molecular flexibility index (Phi) is 7.15. The molecule has 1 aromatic carbocycles. The number of aromatic nitrogens is 1. The minimum Gasteiger partial charge on any atom is -0.338 e. The summed E-state index contributed by atoms with van der Waals surface area (Å²) in [5.41, 5.74) is 2.47. The van der Waals surface area contributed by atoms with Crippen molar-refractivity contribution in [3.8, 4) is 0 Å². The van der Waals surface area contributed by atoms with E-state index in [1.807, 2.05) is 36.1 Å². The summed E-state index contributed by atoms with van der Waals surface area (Å²) >= 11 is 1.21. The van der Waals surface area contributed by atoms with E-state index in [9.17, 15) is 9.59 Å². The molecule has 1 aromatic heterocycles. The van der Waals surface area contributed by atoms with Crippen molar-refractivity contribution in [1.29, 1.82) is 0 Å². The standard InChI is InChI=1S/C19H26N4O2S/c1-5-11-23(12-6-2)17(24)16-14(4)20-19(26-16)22-18(25)21-15-9-7-13(3)8-10-15/h7-10H,5-6,11-12H2,1-4H3,(H2,20,21,22,25). The van der Waals surface area contributed by atoms with Gasteiger partial charge >= 0.3 is 6.03 Å². The first-order valence-corrected chi connectivity index (χ1v) is 9.67. The number of anilines is 2. The zero-order chi connectivity index (χ0) is 19.1. The van der Waals surface area contributed by atoms with Crippen LogP contribution in [-0.2, 0) is 0 Å². The van der Waals surface area contributed by atoms with Crippen LogP contribution in [0.1, 0.15) is 47.6 Å². The van der Waals surface area contributed by atoms with Gasteiger partial charge in [0.2, 0.25) is 0 Å². The number of amides is 3. The van der Waals surface area contributed by atoms with Gasteiger partial charge in [-0.1, -0.05) is 42.9 Å². The minimum atomic E-state index is -0.374. The average molecular weight is 375 g/mol. The molecule has 2 aromatic rings. The third-order valence-corrected chi connectivity index (χ3v) is 4.86. The Balaban J connectivity index is 2.05. The molecule has 0 fully saturated rings. The molecule has 0 unspecified atom stereocenters. The first kappa shape index (κ1) is 19.9. The molecule has 0 radical (unpaired) electrons. The van der Waals surface area contributed by atoms with Crippen LogP contribution in [0.5, 0.6) is 0 Å². The van der Waals surface area contributed by atoms with Crippen molar-refractivity contribution in [2.45, 2.75) is 40.5 Å². The van der Waals surface area contributed by atoms with Crippen LogP contribution in [0.25, 0.3) is 0 Å². The van der Waals surface area contributed by atoms with Gasteiger partial charge in [-0.15, -0.1) is 0 Å². The van der Waals surface area contributed by atoms with Gasteiger partial charge in [0.15, 0.2) is 5.13 Å². The van der Waals surface area contributed by atoms with Crippen LogP contribution in [0, 0.1) is 13.8 Å². The van der Waals surface area contributed by atoms with Gasteiger partial charge in [-0.2, -0.15) is 0 Å². The summed E-state index contributed by atoms with van der Waals surface area (Å²) in [6.45, 7) is 9.33. The highest BCUT2D eigenvalue weighted by Crippen LogP contribution is 2.24. The summed E-state index contributed by atoms with van der Waals surface area (Å²) in [6.07, 6.45) is 1.82. The van der Waals surface area contributed by atoms with E-state index in [1.165, 1.54) is 11.3 Å². The zero-order valence-corrected chi connectivity index (χ0v) is 16.6. The first-order valence-electron chi connectivity index (χ1n) is 8.86. The number of nitrogens with one attached hydrogen (secondary N) is 2. The third-order valence-electron chi connectivity index (χ3n) is 3.79. The zero-order valence-electron chi connectivity index (χ0n) is 15.8. The molecule has 0 atom stereocenters. The fraction of sp³-hybridized carbons (Fsp3) is 0.421. The van der Waals surface area contributed by atoms with Gasteiger partial charge < -0.3 is 10.2 Å². The highest BCUT2D eigenvalue weighted by molar-refractivity contribution is 7.17. The van der Waals surface area contributed by atoms with Crippen molar-refractivity contribution in [2.24, 2.45) is 0 Å². The highest BCUT2D eigenvalue weighted by atomic mass is 32.1. The van der Waals surface area contributed by atoms with Crippen molar-refractivity contribution in [3.63, 3.8) is 0 Å². The Morgan fingerprint density at radius 3 is 2.23 bits per heavy atom. The minimum absolute atomic E-state index is 0.0179. The summed E-state index contributed by atoms with van der Waals surface area (Å²) in [7, 11) is 0. The van der Waals surface area contributed by atoms with Crippen molar-refractivity contribution >= 4 is 34.1 Å². The summed E-state index contributed by atoms with van der Waals surface area (Å²) in [5.74, 6) is -0.0179. The largest absolute Gasteiger partial charge is 0.338 e. The summed E-state index contributed by atoms with van der Waals surface area (Å²) in [6, 6.07) is 7.15. The van der Waals surface area contributed by atoms with Crippen LogP contribution in [-0.4, -0.2) is 34.9 Å². The van der Waals surface area contributed by atoms with E-state index < -0.39 is 0 Å². The molecule has 2 rings (SSSR count). The second-order valence-corrected chi connectivity index (χ2v) is 7.17. The maximum Gasteiger partial charge on any atom is 0.325 e. The molecular weight excluding hydrogens is 348 g/mol. The number of benzene rings is 1. The van der Waals surface area contributed by atoms with Crippen LogP contribution >= 0.6 is 11.3 Å². The summed E-state index contributed by atoms with van der Waals surface area (Å²) in [5, 5.41) is 5.89. The summed E-state index contributed by atoms with van der Waals surface area (Å²) < 4.78 is 0. The molecule has 3 amide bonds. The molecular formula is C19H26N4O2S. The van der Waals surface area contributed by atoms with Gasteiger partial charge in [0, 0.05) is 18.8 Å². The molecule has 2 N–H and O–H groups in total. The second kappa shape index (κ2) is 9.33. The second-order valence-electron chi connectivity index (χ2n) is 6.17. The van der Waals surface area contributed by atoms with E-state index in [4.69, 9.17) is 0 Å². The molecule has 0 aliphatic carbocycles. The fourth-order valence-electron chi connectivity index (χ4n) is 2.54. The molecule has 0 saturated carbocycles. The summed E-state index contributed by atoms with van der Waals surface area (Å²) in [4.78, 5) is 31.6. The van der Waals surface area contributed by atoms with Gasteiger partial charge in [0.05, 0.1) is 5.69 Å². The van der Waals surface area contributed by atoms with E-state index in [1.54, 1.807) is 6.92 Å². The number of aryl methyl sites for hydroxylation is 2. The van der Waals surface area contributed by atoms with Crippen LogP contribution in [0.15, 0.2) is 24.3 Å². The quantitative estimate of drug-likeness (QED) is 0.740. The molecule has 0 spiro atoms. The molecule has 6 nitrogen and oxygen atoms in total. The Morgan fingerprint density at radius 1 is 1.04 bits per heavy atom. The van der Waals surface area contributed by atoms with Gasteiger partial charge in [0.1, 0.15) is 4.88 Å². The third kappa shape index (κ3) is 5.29. The highest BCUT2D eigenvalue weighted by Gasteiger charge is 2.21. The lowest BCUT2D eigenvalue weighted by atomic mass is 10.2. The monoisotopic (exact) mass is 374 g/mol. The number of urea groups is 1. The van der Waals surface area contributed by atoms with Crippen LogP contribution in [0.2, 0.25) is 0 Å². The average Bonchev–Trinajstić information content (AvgIpc) is 2.96. The predicted octanol–water partition coefficient (Wildman–Crippen LogP) is 4.67. The van der Waals surface area contributed by atoms with Crippen molar-refractivity contribution in [3.05, 3.63) is 40.4 Å². The number of thiazole rings is 1. The lowest BCUT2D eigenvalue weighted by Gasteiger charge is -2.20. The number of rotatable bonds is 7. The first-order chi connectivity index (χ1) is 12.4. The van der Waals surface area contributed by atoms with Gasteiger partial charge in [-0.05, 0) is 38.8 Å². The maximum atomic E-state index is 12.7. The molecule has 0 aliphatic rings. The number of carbonyl (C=O) groups is 2. The SMILES string of the molecule is CCCN(CCC)C(=O)c1sc(NC(=O)Nc2ccc(C)cc2)nc1C. The molecule has 1 heterocycles. The smallest absolute Gasteiger partial charge is 0.325 e. The van der Waals surface area contributed by atoms with Crippen molar-refractivity contribution in [1.82, 2.24) is 9.88 Å². The number of nitrogens with zero attached hydrogens (tertiary/aromatic N) is 2. The van der Waals surface area contributed by atoms with Crippen LogP contribution in [0.3, 0.4) is 0 Å². The van der Waals surface area contributed by atoms with E-state index in [-0.39, 0.29) is 11.9 Å². The van der Waals surface area contributed by atoms with Gasteiger partial charge in [-0.3, -0.25) is 10.1 Å². The number of carbonyl (C=O) groups excluding carboxylic acids is 2. The number of hydrogen-bond donors (Lipinski definition) is 2. The topological polar surface area (TPSA) is 74.3 Å².